The Hall–Kier alpha value is -1.05. The van der Waals surface area contributed by atoms with E-state index >= 15 is 0 Å². The number of anilines is 1. The minimum Gasteiger partial charge on any atom is -0.382 e. The summed E-state index contributed by atoms with van der Waals surface area (Å²) >= 11 is 0. The molecule has 1 aromatic carbocycles. The predicted octanol–water partition coefficient (Wildman–Crippen LogP) is 4.90. The van der Waals surface area contributed by atoms with E-state index in [2.05, 4.69) is 19.2 Å². The zero-order valence-electron chi connectivity index (χ0n) is 11.2. The number of unbranched alkanes of at least 4 members (excludes halogenated alkanes) is 3. The largest absolute Gasteiger partial charge is 0.382 e. The first kappa shape index (κ1) is 14.0. The van der Waals surface area contributed by atoms with Crippen LogP contribution in [0.3, 0.4) is 0 Å². The molecule has 0 heterocycles. The zero-order chi connectivity index (χ0) is 12.7. The molecule has 0 aromatic heterocycles. The van der Waals surface area contributed by atoms with Crippen LogP contribution in [-0.2, 0) is 0 Å². The smallest absolute Gasteiger partial charge is 0.128 e. The van der Waals surface area contributed by atoms with Crippen molar-refractivity contribution in [2.24, 2.45) is 0 Å². The summed E-state index contributed by atoms with van der Waals surface area (Å²) in [6.07, 6.45) is 6.27. The lowest BCUT2D eigenvalue weighted by Gasteiger charge is -2.17. The normalized spacial score (nSPS) is 12.5. The summed E-state index contributed by atoms with van der Waals surface area (Å²) in [5.41, 5.74) is 1.64. The minimum atomic E-state index is -0.131. The number of rotatable bonds is 7. The van der Waals surface area contributed by atoms with Gasteiger partial charge in [0.25, 0.3) is 0 Å². The van der Waals surface area contributed by atoms with E-state index in [-0.39, 0.29) is 5.82 Å². The van der Waals surface area contributed by atoms with E-state index in [4.69, 9.17) is 0 Å². The number of halogens is 1. The van der Waals surface area contributed by atoms with Crippen molar-refractivity contribution < 1.29 is 4.39 Å². The Bertz CT molecular complexity index is 336. The van der Waals surface area contributed by atoms with E-state index in [9.17, 15) is 4.39 Å². The maximum atomic E-state index is 13.3. The molecule has 96 valence electrons. The van der Waals surface area contributed by atoms with E-state index < -0.39 is 0 Å². The molecule has 17 heavy (non-hydrogen) atoms. The van der Waals surface area contributed by atoms with Gasteiger partial charge in [-0.15, -0.1) is 0 Å². The summed E-state index contributed by atoms with van der Waals surface area (Å²) in [5, 5.41) is 3.39. The van der Waals surface area contributed by atoms with Gasteiger partial charge in [0.15, 0.2) is 0 Å². The average Bonchev–Trinajstić information content (AvgIpc) is 2.31. The Morgan fingerprint density at radius 1 is 1.24 bits per heavy atom. The molecule has 0 amide bonds. The van der Waals surface area contributed by atoms with Gasteiger partial charge in [0.1, 0.15) is 5.82 Å². The quantitative estimate of drug-likeness (QED) is 0.665. The van der Waals surface area contributed by atoms with Crippen molar-refractivity contribution in [2.45, 2.75) is 58.9 Å². The van der Waals surface area contributed by atoms with Crippen molar-refractivity contribution in [3.63, 3.8) is 0 Å². The number of benzene rings is 1. The Labute approximate surface area is 104 Å². The Kier molecular flexibility index (Phi) is 6.03. The highest BCUT2D eigenvalue weighted by atomic mass is 19.1. The first-order chi connectivity index (χ1) is 8.15. The summed E-state index contributed by atoms with van der Waals surface area (Å²) in [6, 6.07) is 5.62. The maximum Gasteiger partial charge on any atom is 0.128 e. The molecule has 1 rings (SSSR count). The van der Waals surface area contributed by atoms with Crippen molar-refractivity contribution in [3.05, 3.63) is 29.6 Å². The van der Waals surface area contributed by atoms with Crippen molar-refractivity contribution in [2.75, 3.05) is 5.32 Å². The van der Waals surface area contributed by atoms with E-state index in [1.54, 1.807) is 6.07 Å². The highest BCUT2D eigenvalue weighted by Gasteiger charge is 2.06. The van der Waals surface area contributed by atoms with Crippen LogP contribution < -0.4 is 5.32 Å². The van der Waals surface area contributed by atoms with Crippen LogP contribution in [0.5, 0.6) is 0 Å². The lowest BCUT2D eigenvalue weighted by Crippen LogP contribution is -2.15. The molecule has 0 radical (unpaired) electrons. The van der Waals surface area contributed by atoms with Crippen molar-refractivity contribution in [1.29, 1.82) is 0 Å². The molecule has 2 heteroatoms. The van der Waals surface area contributed by atoms with Crippen LogP contribution in [0.15, 0.2) is 18.2 Å². The third-order valence-electron chi connectivity index (χ3n) is 3.16. The lowest BCUT2D eigenvalue weighted by molar-refractivity contribution is 0.591. The zero-order valence-corrected chi connectivity index (χ0v) is 11.2. The summed E-state index contributed by atoms with van der Waals surface area (Å²) in [4.78, 5) is 0. The molecule has 1 unspecified atom stereocenters. The molecule has 1 N–H and O–H groups in total. The average molecular weight is 237 g/mol. The van der Waals surface area contributed by atoms with E-state index in [1.165, 1.54) is 31.7 Å². The fourth-order valence-corrected chi connectivity index (χ4v) is 1.98. The Morgan fingerprint density at radius 2 is 2.00 bits per heavy atom. The second-order valence-corrected chi connectivity index (χ2v) is 4.81. The first-order valence-corrected chi connectivity index (χ1v) is 6.66. The Balaban J connectivity index is 2.39. The van der Waals surface area contributed by atoms with Gasteiger partial charge in [-0.3, -0.25) is 0 Å². The fourth-order valence-electron chi connectivity index (χ4n) is 1.98. The van der Waals surface area contributed by atoms with Crippen LogP contribution in [0.4, 0.5) is 10.1 Å². The van der Waals surface area contributed by atoms with Crippen LogP contribution in [0.25, 0.3) is 0 Å². The van der Waals surface area contributed by atoms with Crippen molar-refractivity contribution in [3.8, 4) is 0 Å². The summed E-state index contributed by atoms with van der Waals surface area (Å²) in [6.45, 7) is 6.20. The monoisotopic (exact) mass is 237 g/mol. The van der Waals surface area contributed by atoms with Gasteiger partial charge in [0.2, 0.25) is 0 Å². The molecule has 0 aliphatic carbocycles. The first-order valence-electron chi connectivity index (χ1n) is 6.66. The number of nitrogens with one attached hydrogen (secondary N) is 1. The fraction of sp³-hybridized carbons (Fsp3) is 0.600. The third kappa shape index (κ3) is 4.76. The molecular weight excluding hydrogens is 213 g/mol. The summed E-state index contributed by atoms with van der Waals surface area (Å²) in [5.74, 6) is -0.131. The number of hydrogen-bond acceptors (Lipinski definition) is 1. The molecular formula is C15H24FN. The van der Waals surface area contributed by atoms with Gasteiger partial charge in [-0.1, -0.05) is 38.7 Å². The standard InChI is InChI=1S/C15H24FN/c1-4-5-6-7-9-12(2)17-15-11-8-10-14(16)13(15)3/h8,10-12,17H,4-7,9H2,1-3H3. The van der Waals surface area contributed by atoms with Gasteiger partial charge < -0.3 is 5.32 Å². The topological polar surface area (TPSA) is 12.0 Å². The van der Waals surface area contributed by atoms with Gasteiger partial charge in [-0.2, -0.15) is 0 Å². The van der Waals surface area contributed by atoms with Crippen LogP contribution in [0, 0.1) is 12.7 Å². The number of hydrogen-bond donors (Lipinski definition) is 1. The molecule has 0 aliphatic heterocycles. The molecule has 1 nitrogen and oxygen atoms in total. The summed E-state index contributed by atoms with van der Waals surface area (Å²) < 4.78 is 13.3. The highest BCUT2D eigenvalue weighted by Crippen LogP contribution is 2.19. The molecule has 0 spiro atoms. The van der Waals surface area contributed by atoms with Gasteiger partial charge in [-0.05, 0) is 32.4 Å². The van der Waals surface area contributed by atoms with E-state index in [1.807, 2.05) is 13.0 Å². The van der Waals surface area contributed by atoms with Crippen LogP contribution in [0.2, 0.25) is 0 Å². The van der Waals surface area contributed by atoms with Crippen LogP contribution >= 0.6 is 0 Å². The minimum absolute atomic E-state index is 0.131. The Morgan fingerprint density at radius 3 is 2.71 bits per heavy atom. The van der Waals surface area contributed by atoms with Crippen molar-refractivity contribution >= 4 is 5.69 Å². The molecule has 0 saturated heterocycles. The van der Waals surface area contributed by atoms with E-state index in [0.29, 0.717) is 11.6 Å². The molecule has 0 fully saturated rings. The predicted molar refractivity (Wildman–Crippen MR) is 73.0 cm³/mol. The molecule has 0 bridgehead atoms. The molecule has 1 aromatic rings. The lowest BCUT2D eigenvalue weighted by atomic mass is 10.1. The van der Waals surface area contributed by atoms with E-state index in [0.717, 1.165) is 12.1 Å². The molecule has 0 aliphatic rings. The van der Waals surface area contributed by atoms with Gasteiger partial charge >= 0.3 is 0 Å². The summed E-state index contributed by atoms with van der Waals surface area (Å²) in [7, 11) is 0. The molecule has 0 saturated carbocycles. The molecule has 1 atom stereocenters. The van der Waals surface area contributed by atoms with Crippen LogP contribution in [0.1, 0.15) is 51.5 Å². The second kappa shape index (κ2) is 7.31. The van der Waals surface area contributed by atoms with Crippen molar-refractivity contribution in [1.82, 2.24) is 0 Å². The highest BCUT2D eigenvalue weighted by molar-refractivity contribution is 5.51. The third-order valence-corrected chi connectivity index (χ3v) is 3.16. The van der Waals surface area contributed by atoms with Gasteiger partial charge in [-0.25, -0.2) is 4.39 Å². The second-order valence-electron chi connectivity index (χ2n) is 4.81. The maximum absolute atomic E-state index is 13.3. The van der Waals surface area contributed by atoms with Gasteiger partial charge in [0.05, 0.1) is 0 Å². The van der Waals surface area contributed by atoms with Gasteiger partial charge in [0, 0.05) is 17.3 Å². The SMILES string of the molecule is CCCCCCC(C)Nc1cccc(F)c1C. The van der Waals surface area contributed by atoms with Crippen LogP contribution in [-0.4, -0.2) is 6.04 Å².